The lowest BCUT2D eigenvalue weighted by Crippen LogP contribution is -2.13. The fourth-order valence-corrected chi connectivity index (χ4v) is 1.74. The smallest absolute Gasteiger partial charge is 0.300 e. The molecule has 0 aliphatic carbocycles. The van der Waals surface area contributed by atoms with Gasteiger partial charge in [0.25, 0.3) is 0 Å². The van der Waals surface area contributed by atoms with Gasteiger partial charge in [0, 0.05) is 11.2 Å². The van der Waals surface area contributed by atoms with Gasteiger partial charge in [-0.15, -0.1) is 0 Å². The normalized spacial score (nSPS) is 10.4. The molecule has 3 nitrogen and oxygen atoms in total. The summed E-state index contributed by atoms with van der Waals surface area (Å²) in [6.45, 7) is 0. The fraction of sp³-hybridized carbons (Fsp3) is 0. The molecule has 0 atom stereocenters. The van der Waals surface area contributed by atoms with Crippen LogP contribution in [0.4, 0.5) is 0 Å². The summed E-state index contributed by atoms with van der Waals surface area (Å²) >= 11 is 9.01. The van der Waals surface area contributed by atoms with E-state index in [9.17, 15) is 4.79 Å². The Labute approximate surface area is 93.5 Å². The number of hydrogen-bond donors (Lipinski definition) is 1. The molecule has 0 spiro atoms. The van der Waals surface area contributed by atoms with E-state index in [-0.39, 0.29) is 5.69 Å². The molecule has 0 bridgehead atoms. The monoisotopic (exact) mass is 272 g/mol. The molecule has 0 amide bonds. The highest BCUT2D eigenvalue weighted by atomic mass is 79.9. The Bertz CT molecular complexity index is 518. The second-order valence-electron chi connectivity index (χ2n) is 2.76. The standard InChI is InChI=1S/C9H6BrClN2O/c10-8-5-13(9(14)12-8)7-3-1-2-6(11)4-7/h1-5H,(H,12,14). The highest BCUT2D eigenvalue weighted by Crippen LogP contribution is 2.14. The summed E-state index contributed by atoms with van der Waals surface area (Å²) in [6, 6.07) is 7.10. The molecule has 0 fully saturated rings. The van der Waals surface area contributed by atoms with Gasteiger partial charge in [0.15, 0.2) is 0 Å². The minimum atomic E-state index is -0.195. The van der Waals surface area contributed by atoms with Crippen LogP contribution in [0.2, 0.25) is 5.02 Å². The molecule has 0 saturated carbocycles. The summed E-state index contributed by atoms with van der Waals surface area (Å²) in [5.41, 5.74) is 0.545. The number of benzene rings is 1. The van der Waals surface area contributed by atoms with Crippen molar-refractivity contribution < 1.29 is 0 Å². The van der Waals surface area contributed by atoms with Crippen molar-refractivity contribution in [3.63, 3.8) is 0 Å². The minimum absolute atomic E-state index is 0.195. The number of hydrogen-bond acceptors (Lipinski definition) is 1. The van der Waals surface area contributed by atoms with Crippen LogP contribution in [0.25, 0.3) is 5.69 Å². The molecule has 0 radical (unpaired) electrons. The quantitative estimate of drug-likeness (QED) is 0.852. The molecule has 2 rings (SSSR count). The topological polar surface area (TPSA) is 37.8 Å². The first kappa shape index (κ1) is 9.55. The molecule has 72 valence electrons. The van der Waals surface area contributed by atoms with E-state index in [1.54, 1.807) is 24.4 Å². The molecule has 1 aromatic carbocycles. The highest BCUT2D eigenvalue weighted by Gasteiger charge is 2.02. The van der Waals surface area contributed by atoms with Crippen molar-refractivity contribution >= 4 is 27.5 Å². The van der Waals surface area contributed by atoms with Gasteiger partial charge in [0.2, 0.25) is 0 Å². The van der Waals surface area contributed by atoms with Gasteiger partial charge in [0.05, 0.1) is 5.69 Å². The summed E-state index contributed by atoms with van der Waals surface area (Å²) < 4.78 is 2.12. The predicted octanol–water partition coefficient (Wildman–Crippen LogP) is 2.58. The van der Waals surface area contributed by atoms with Crippen molar-refractivity contribution in [2.24, 2.45) is 0 Å². The van der Waals surface area contributed by atoms with Crippen LogP contribution in [0, 0.1) is 0 Å². The van der Waals surface area contributed by atoms with Gasteiger partial charge in [-0.25, -0.2) is 4.79 Å². The Kier molecular flexibility index (Phi) is 2.48. The van der Waals surface area contributed by atoms with Gasteiger partial charge >= 0.3 is 5.69 Å². The van der Waals surface area contributed by atoms with Crippen molar-refractivity contribution in [1.82, 2.24) is 9.55 Å². The van der Waals surface area contributed by atoms with Gasteiger partial charge in [0.1, 0.15) is 4.60 Å². The number of rotatable bonds is 1. The summed E-state index contributed by atoms with van der Waals surface area (Å²) in [4.78, 5) is 14.0. The average Bonchev–Trinajstić information content (AvgIpc) is 2.45. The molecule has 0 aliphatic rings. The zero-order chi connectivity index (χ0) is 10.1. The molecule has 2 aromatic rings. The van der Waals surface area contributed by atoms with E-state index in [4.69, 9.17) is 11.6 Å². The lowest BCUT2D eigenvalue weighted by atomic mass is 10.3. The largest absolute Gasteiger partial charge is 0.330 e. The van der Waals surface area contributed by atoms with Crippen LogP contribution < -0.4 is 5.69 Å². The molecular formula is C9H6BrClN2O. The van der Waals surface area contributed by atoms with E-state index in [0.717, 1.165) is 5.69 Å². The lowest BCUT2D eigenvalue weighted by Gasteiger charge is -1.99. The van der Waals surface area contributed by atoms with Crippen LogP contribution in [0.1, 0.15) is 0 Å². The second kappa shape index (κ2) is 3.63. The summed E-state index contributed by atoms with van der Waals surface area (Å²) in [7, 11) is 0. The van der Waals surface area contributed by atoms with Crippen LogP contribution in [0.15, 0.2) is 39.9 Å². The maximum Gasteiger partial charge on any atom is 0.330 e. The Hall–Kier alpha value is -1.00. The number of aromatic nitrogens is 2. The number of H-pyrrole nitrogens is 1. The number of nitrogens with zero attached hydrogens (tertiary/aromatic N) is 1. The molecule has 5 heteroatoms. The zero-order valence-electron chi connectivity index (χ0n) is 7.00. The van der Waals surface area contributed by atoms with Crippen molar-refractivity contribution in [2.75, 3.05) is 0 Å². The first-order chi connectivity index (χ1) is 6.66. The second-order valence-corrected chi connectivity index (χ2v) is 4.05. The third-order valence-electron chi connectivity index (χ3n) is 1.77. The number of nitrogens with one attached hydrogen (secondary N) is 1. The van der Waals surface area contributed by atoms with E-state index in [2.05, 4.69) is 20.9 Å². The van der Waals surface area contributed by atoms with Crippen LogP contribution in [0.5, 0.6) is 0 Å². The number of imidazole rings is 1. The van der Waals surface area contributed by atoms with E-state index in [1.807, 2.05) is 6.07 Å². The minimum Gasteiger partial charge on any atom is -0.300 e. The Balaban J connectivity index is 2.60. The summed E-state index contributed by atoms with van der Waals surface area (Å²) in [6.07, 6.45) is 1.66. The molecule has 14 heavy (non-hydrogen) atoms. The fourth-order valence-electron chi connectivity index (χ4n) is 1.18. The molecule has 0 unspecified atom stereocenters. The van der Waals surface area contributed by atoms with Crippen LogP contribution in [-0.4, -0.2) is 9.55 Å². The maximum absolute atomic E-state index is 11.4. The molecular weight excluding hydrogens is 267 g/mol. The maximum atomic E-state index is 11.4. The van der Waals surface area contributed by atoms with Gasteiger partial charge in [-0.05, 0) is 34.1 Å². The molecule has 1 heterocycles. The zero-order valence-corrected chi connectivity index (χ0v) is 9.34. The summed E-state index contributed by atoms with van der Waals surface area (Å²) in [5.74, 6) is 0. The van der Waals surface area contributed by atoms with E-state index >= 15 is 0 Å². The van der Waals surface area contributed by atoms with Crippen LogP contribution in [-0.2, 0) is 0 Å². The summed E-state index contributed by atoms with van der Waals surface area (Å²) in [5, 5.41) is 0.603. The van der Waals surface area contributed by atoms with Gasteiger partial charge in [-0.3, -0.25) is 9.55 Å². The van der Waals surface area contributed by atoms with Crippen molar-refractivity contribution in [1.29, 1.82) is 0 Å². The van der Waals surface area contributed by atoms with Gasteiger partial charge in [-0.2, -0.15) is 0 Å². The SMILES string of the molecule is O=c1[nH]c(Br)cn1-c1cccc(Cl)c1. The third kappa shape index (κ3) is 1.76. The predicted molar refractivity (Wildman–Crippen MR) is 59.1 cm³/mol. The van der Waals surface area contributed by atoms with Crippen LogP contribution >= 0.6 is 27.5 Å². The van der Waals surface area contributed by atoms with E-state index in [1.165, 1.54) is 4.57 Å². The first-order valence-electron chi connectivity index (χ1n) is 3.90. The first-order valence-corrected chi connectivity index (χ1v) is 5.07. The molecule has 1 N–H and O–H groups in total. The Morgan fingerprint density at radius 1 is 1.43 bits per heavy atom. The van der Waals surface area contributed by atoms with E-state index < -0.39 is 0 Å². The number of halogens is 2. The lowest BCUT2D eigenvalue weighted by molar-refractivity contribution is 0.987. The molecule has 1 aromatic heterocycles. The molecule has 0 aliphatic heterocycles. The Morgan fingerprint density at radius 3 is 2.79 bits per heavy atom. The molecule has 0 saturated heterocycles. The van der Waals surface area contributed by atoms with Crippen molar-refractivity contribution in [3.05, 3.63) is 50.6 Å². The van der Waals surface area contributed by atoms with Gasteiger partial charge in [-0.1, -0.05) is 17.7 Å². The van der Waals surface area contributed by atoms with Gasteiger partial charge < -0.3 is 0 Å². The van der Waals surface area contributed by atoms with Crippen molar-refractivity contribution in [3.8, 4) is 5.69 Å². The van der Waals surface area contributed by atoms with Crippen molar-refractivity contribution in [2.45, 2.75) is 0 Å². The number of aromatic amines is 1. The highest BCUT2D eigenvalue weighted by molar-refractivity contribution is 9.10. The average molecular weight is 274 g/mol. The Morgan fingerprint density at radius 2 is 2.21 bits per heavy atom. The van der Waals surface area contributed by atoms with Crippen LogP contribution in [0.3, 0.4) is 0 Å². The van der Waals surface area contributed by atoms with E-state index in [0.29, 0.717) is 9.63 Å². The third-order valence-corrected chi connectivity index (χ3v) is 2.41.